The van der Waals surface area contributed by atoms with Gasteiger partial charge < -0.3 is 15.0 Å². The van der Waals surface area contributed by atoms with Gasteiger partial charge in [0.05, 0.1) is 12.0 Å². The van der Waals surface area contributed by atoms with Crippen LogP contribution in [0.15, 0.2) is 12.5 Å². The molecule has 0 aliphatic carbocycles. The number of hydrogen-bond acceptors (Lipinski definition) is 3. The number of unbranched alkanes of at least 4 members (excludes halogenated alkanes) is 1. The summed E-state index contributed by atoms with van der Waals surface area (Å²) in [5.41, 5.74) is 6.93. The molecular formula is C12H23N3O. The van der Waals surface area contributed by atoms with Crippen molar-refractivity contribution in [1.29, 1.82) is 0 Å². The molecule has 0 fully saturated rings. The highest BCUT2D eigenvalue weighted by molar-refractivity contribution is 5.02. The van der Waals surface area contributed by atoms with E-state index in [1.165, 1.54) is 6.42 Å². The van der Waals surface area contributed by atoms with Crippen LogP contribution in [0.25, 0.3) is 0 Å². The molecule has 0 amide bonds. The first-order chi connectivity index (χ1) is 7.75. The Morgan fingerprint density at radius 3 is 2.88 bits per heavy atom. The molecule has 0 bridgehead atoms. The highest BCUT2D eigenvalue weighted by Crippen LogP contribution is 2.09. The first kappa shape index (κ1) is 13.2. The smallest absolute Gasteiger partial charge is 0.0948 e. The second-order valence-corrected chi connectivity index (χ2v) is 4.12. The standard InChI is InChI=1S/C12H23N3O/c1-3-4-7-16-8-5-6-15-10-14-9-12(15)11(2)13/h9-11H,3-8,13H2,1-2H3. The summed E-state index contributed by atoms with van der Waals surface area (Å²) in [5.74, 6) is 0. The van der Waals surface area contributed by atoms with Crippen LogP contribution >= 0.6 is 0 Å². The summed E-state index contributed by atoms with van der Waals surface area (Å²) in [6.45, 7) is 6.77. The van der Waals surface area contributed by atoms with Gasteiger partial charge in [-0.1, -0.05) is 13.3 Å². The molecule has 4 heteroatoms. The SMILES string of the molecule is CCCCOCCCn1cncc1C(C)N. The van der Waals surface area contributed by atoms with Crippen LogP contribution in [0.4, 0.5) is 0 Å². The molecule has 0 radical (unpaired) electrons. The van der Waals surface area contributed by atoms with E-state index < -0.39 is 0 Å². The van der Waals surface area contributed by atoms with Crippen LogP contribution in [-0.2, 0) is 11.3 Å². The third kappa shape index (κ3) is 4.33. The molecule has 1 unspecified atom stereocenters. The Bertz CT molecular complexity index is 284. The zero-order valence-electron chi connectivity index (χ0n) is 10.4. The van der Waals surface area contributed by atoms with Gasteiger partial charge in [0, 0.05) is 32.0 Å². The van der Waals surface area contributed by atoms with Gasteiger partial charge in [-0.05, 0) is 19.8 Å². The maximum Gasteiger partial charge on any atom is 0.0948 e. The number of ether oxygens (including phenoxy) is 1. The van der Waals surface area contributed by atoms with Gasteiger partial charge in [0.1, 0.15) is 0 Å². The highest BCUT2D eigenvalue weighted by atomic mass is 16.5. The number of imidazole rings is 1. The third-order valence-corrected chi connectivity index (χ3v) is 2.54. The summed E-state index contributed by atoms with van der Waals surface area (Å²) >= 11 is 0. The quantitative estimate of drug-likeness (QED) is 0.689. The van der Waals surface area contributed by atoms with Crippen molar-refractivity contribution < 1.29 is 4.74 Å². The summed E-state index contributed by atoms with van der Waals surface area (Å²) in [4.78, 5) is 4.11. The lowest BCUT2D eigenvalue weighted by atomic mass is 10.2. The lowest BCUT2D eigenvalue weighted by Gasteiger charge is -2.10. The van der Waals surface area contributed by atoms with Crippen molar-refractivity contribution in [1.82, 2.24) is 9.55 Å². The normalized spacial score (nSPS) is 12.9. The van der Waals surface area contributed by atoms with E-state index in [2.05, 4.69) is 16.5 Å². The minimum atomic E-state index is 0.0449. The predicted molar refractivity (Wildman–Crippen MR) is 65.2 cm³/mol. The molecule has 2 N–H and O–H groups in total. The van der Waals surface area contributed by atoms with Crippen LogP contribution in [0, 0.1) is 0 Å². The van der Waals surface area contributed by atoms with Gasteiger partial charge in [-0.2, -0.15) is 0 Å². The molecule has 1 aromatic heterocycles. The zero-order valence-corrected chi connectivity index (χ0v) is 10.4. The summed E-state index contributed by atoms with van der Waals surface area (Å²) < 4.78 is 7.61. The van der Waals surface area contributed by atoms with E-state index in [0.717, 1.165) is 38.3 Å². The number of aryl methyl sites for hydroxylation is 1. The van der Waals surface area contributed by atoms with Gasteiger partial charge >= 0.3 is 0 Å². The van der Waals surface area contributed by atoms with Crippen molar-refractivity contribution in [2.75, 3.05) is 13.2 Å². The Morgan fingerprint density at radius 1 is 1.44 bits per heavy atom. The second kappa shape index (κ2) is 7.41. The molecule has 1 heterocycles. The van der Waals surface area contributed by atoms with E-state index in [4.69, 9.17) is 10.5 Å². The maximum atomic E-state index is 5.84. The van der Waals surface area contributed by atoms with Crippen LogP contribution in [0.1, 0.15) is 44.8 Å². The fourth-order valence-electron chi connectivity index (χ4n) is 1.58. The minimum Gasteiger partial charge on any atom is -0.381 e. The zero-order chi connectivity index (χ0) is 11.8. The Balaban J connectivity index is 2.19. The number of nitrogens with zero attached hydrogens (tertiary/aromatic N) is 2. The summed E-state index contributed by atoms with van der Waals surface area (Å²) in [7, 11) is 0. The molecule has 92 valence electrons. The fourth-order valence-corrected chi connectivity index (χ4v) is 1.58. The van der Waals surface area contributed by atoms with Crippen LogP contribution in [0.5, 0.6) is 0 Å². The van der Waals surface area contributed by atoms with Gasteiger partial charge in [0.15, 0.2) is 0 Å². The van der Waals surface area contributed by atoms with Gasteiger partial charge in [0.2, 0.25) is 0 Å². The van der Waals surface area contributed by atoms with Crippen LogP contribution in [0.2, 0.25) is 0 Å². The molecule has 4 nitrogen and oxygen atoms in total. The second-order valence-electron chi connectivity index (χ2n) is 4.12. The molecule has 16 heavy (non-hydrogen) atoms. The maximum absolute atomic E-state index is 5.84. The van der Waals surface area contributed by atoms with Gasteiger partial charge in [-0.15, -0.1) is 0 Å². The van der Waals surface area contributed by atoms with Crippen LogP contribution in [-0.4, -0.2) is 22.8 Å². The lowest BCUT2D eigenvalue weighted by Crippen LogP contribution is -2.12. The molecule has 1 atom stereocenters. The molecule has 0 aliphatic heterocycles. The molecule has 1 aromatic rings. The monoisotopic (exact) mass is 225 g/mol. The number of aromatic nitrogens is 2. The van der Waals surface area contributed by atoms with E-state index >= 15 is 0 Å². The third-order valence-electron chi connectivity index (χ3n) is 2.54. The fraction of sp³-hybridized carbons (Fsp3) is 0.750. The summed E-state index contributed by atoms with van der Waals surface area (Å²) in [5, 5.41) is 0. The van der Waals surface area contributed by atoms with Crippen molar-refractivity contribution in [3.63, 3.8) is 0 Å². The molecule has 0 aromatic carbocycles. The average molecular weight is 225 g/mol. The molecule has 0 aliphatic rings. The molecule has 0 saturated carbocycles. The summed E-state index contributed by atoms with van der Waals surface area (Å²) in [6.07, 6.45) is 7.03. The van der Waals surface area contributed by atoms with E-state index in [1.807, 2.05) is 19.4 Å². The van der Waals surface area contributed by atoms with Gasteiger partial charge in [-0.25, -0.2) is 4.98 Å². The lowest BCUT2D eigenvalue weighted by molar-refractivity contribution is 0.126. The van der Waals surface area contributed by atoms with E-state index in [-0.39, 0.29) is 6.04 Å². The number of hydrogen-bond donors (Lipinski definition) is 1. The molecule has 1 rings (SSSR count). The number of nitrogens with two attached hydrogens (primary N) is 1. The molecule has 0 saturated heterocycles. The van der Waals surface area contributed by atoms with E-state index in [0.29, 0.717) is 0 Å². The topological polar surface area (TPSA) is 53.1 Å². The van der Waals surface area contributed by atoms with Crippen LogP contribution in [0.3, 0.4) is 0 Å². The van der Waals surface area contributed by atoms with Crippen molar-refractivity contribution in [2.24, 2.45) is 5.73 Å². The minimum absolute atomic E-state index is 0.0449. The Hall–Kier alpha value is -0.870. The van der Waals surface area contributed by atoms with Crippen molar-refractivity contribution >= 4 is 0 Å². The van der Waals surface area contributed by atoms with Gasteiger partial charge in [0.25, 0.3) is 0 Å². The molecular weight excluding hydrogens is 202 g/mol. The Kier molecular flexibility index (Phi) is 6.11. The van der Waals surface area contributed by atoms with E-state index in [9.17, 15) is 0 Å². The van der Waals surface area contributed by atoms with Crippen LogP contribution < -0.4 is 5.73 Å². The largest absolute Gasteiger partial charge is 0.381 e. The first-order valence-electron chi connectivity index (χ1n) is 6.09. The van der Waals surface area contributed by atoms with E-state index in [1.54, 1.807) is 0 Å². The Morgan fingerprint density at radius 2 is 2.19 bits per heavy atom. The van der Waals surface area contributed by atoms with Gasteiger partial charge in [-0.3, -0.25) is 0 Å². The van der Waals surface area contributed by atoms with Crippen molar-refractivity contribution in [3.8, 4) is 0 Å². The molecule has 0 spiro atoms. The Labute approximate surface area is 97.8 Å². The summed E-state index contributed by atoms with van der Waals surface area (Å²) in [6, 6.07) is 0.0449. The highest BCUT2D eigenvalue weighted by Gasteiger charge is 2.05. The average Bonchev–Trinajstić information content (AvgIpc) is 2.71. The number of rotatable bonds is 8. The van der Waals surface area contributed by atoms with Crippen molar-refractivity contribution in [2.45, 2.75) is 45.7 Å². The predicted octanol–water partition coefficient (Wildman–Crippen LogP) is 2.11. The van der Waals surface area contributed by atoms with Crippen molar-refractivity contribution in [3.05, 3.63) is 18.2 Å². The first-order valence-corrected chi connectivity index (χ1v) is 6.09.